The van der Waals surface area contributed by atoms with Crippen molar-refractivity contribution in [1.29, 1.82) is 0 Å². The molecule has 30 heavy (non-hydrogen) atoms. The fourth-order valence-electron chi connectivity index (χ4n) is 4.31. The number of hydrogen-bond donors (Lipinski definition) is 1. The number of carbonyl (C=O) groups excluding carboxylic acids is 1. The average Bonchev–Trinajstić information content (AvgIpc) is 3.48. The molecule has 0 spiro atoms. The summed E-state index contributed by atoms with van der Waals surface area (Å²) in [4.78, 5) is 14.8. The minimum Gasteiger partial charge on any atom is -0.462 e. The Balaban J connectivity index is 0.000000275. The van der Waals surface area contributed by atoms with Gasteiger partial charge in [0.25, 0.3) is 0 Å². The number of halogens is 1. The maximum absolute atomic E-state index is 12.4. The van der Waals surface area contributed by atoms with E-state index in [0.717, 1.165) is 31.2 Å². The molecule has 2 bridgehead atoms. The van der Waals surface area contributed by atoms with Crippen molar-refractivity contribution in [2.24, 2.45) is 0 Å². The molecule has 3 fully saturated rings. The Hall–Kier alpha value is -1.07. The van der Waals surface area contributed by atoms with Crippen LogP contribution in [0, 0.1) is 14.8 Å². The number of likely N-dealkylation sites (N-methyl/N-ethyl adjacent to an activating group) is 1. The number of benzene rings is 1. The maximum atomic E-state index is 12.4. The summed E-state index contributed by atoms with van der Waals surface area (Å²) in [5, 5.41) is 9.56. The Morgan fingerprint density at radius 1 is 1.27 bits per heavy atom. The normalized spacial score (nSPS) is 30.3. The Bertz CT molecular complexity index is 659. The highest BCUT2D eigenvalue weighted by molar-refractivity contribution is 5.78. The van der Waals surface area contributed by atoms with E-state index >= 15 is 0 Å². The molecule has 0 aliphatic carbocycles. The third-order valence-electron chi connectivity index (χ3n) is 5.99. The standard InChI is InChI=1S/C17H21NO4.C4H9BrO3/c1-18-13-7-11(8-14(18)16-15(13)22-16)21-17(20)12(9-19)10-5-3-2-4-6-10;1-2-3-4-8-5(6)7/h2-6,11-16,19H,7-9H2,1H3;2-4H2,1H3/t11-,12-,13-,14+,15-,16+;/m1./s1. The summed E-state index contributed by atoms with van der Waals surface area (Å²) in [6, 6.07) is 10.1. The van der Waals surface area contributed by atoms with Gasteiger partial charge in [0.2, 0.25) is 0 Å². The Morgan fingerprint density at radius 3 is 2.43 bits per heavy atom. The number of aliphatic hydroxyl groups excluding tert-OH is 1. The SMILES string of the molecule is CCCCO[Br+2]([O-])[O-].CN1[C@@H]2C[C@@H](OC(=O)[C@H](CO)c3ccccc3)C[C@H]1[C@@H]1O[C@@H]12. The fourth-order valence-corrected chi connectivity index (χ4v) is 4.80. The van der Waals surface area contributed by atoms with Crippen molar-refractivity contribution in [1.82, 2.24) is 4.90 Å². The first kappa shape index (κ1) is 23.6. The summed E-state index contributed by atoms with van der Waals surface area (Å²) in [6.07, 6.45) is 4.05. The van der Waals surface area contributed by atoms with E-state index in [1.165, 1.54) is 0 Å². The number of morpholine rings is 1. The summed E-state index contributed by atoms with van der Waals surface area (Å²) < 4.78 is 35.1. The van der Waals surface area contributed by atoms with Gasteiger partial charge in [-0.05, 0) is 22.9 Å². The highest BCUT2D eigenvalue weighted by Gasteiger charge is 2.62. The van der Waals surface area contributed by atoms with E-state index in [0.29, 0.717) is 30.9 Å². The molecule has 3 aliphatic heterocycles. The lowest BCUT2D eigenvalue weighted by Gasteiger charge is -2.38. The van der Waals surface area contributed by atoms with Crippen molar-refractivity contribution in [2.45, 2.75) is 68.9 Å². The van der Waals surface area contributed by atoms with Gasteiger partial charge in [-0.3, -0.25) is 9.69 Å². The molecule has 6 atom stereocenters. The zero-order valence-electron chi connectivity index (χ0n) is 17.3. The van der Waals surface area contributed by atoms with Crippen molar-refractivity contribution in [3.63, 3.8) is 0 Å². The predicted octanol–water partition coefficient (Wildman–Crippen LogP) is -0.192. The molecule has 9 heteroatoms. The van der Waals surface area contributed by atoms with E-state index < -0.39 is 20.7 Å². The van der Waals surface area contributed by atoms with E-state index in [1.54, 1.807) is 0 Å². The van der Waals surface area contributed by atoms with Crippen LogP contribution in [0.1, 0.15) is 44.1 Å². The molecular formula is C21H30BrNO7. The summed E-state index contributed by atoms with van der Waals surface area (Å²) in [7, 11) is 2.13. The monoisotopic (exact) mass is 487 g/mol. The van der Waals surface area contributed by atoms with Crippen LogP contribution in [0.4, 0.5) is 0 Å². The molecule has 4 rings (SSSR count). The third-order valence-corrected chi connectivity index (χ3v) is 6.69. The minimum atomic E-state index is -2.93. The van der Waals surface area contributed by atoms with Crippen LogP contribution in [0.3, 0.4) is 0 Å². The summed E-state index contributed by atoms with van der Waals surface area (Å²) in [5.74, 6) is -0.915. The molecule has 0 aromatic heterocycles. The van der Waals surface area contributed by atoms with Gasteiger partial charge < -0.3 is 23.0 Å². The molecule has 0 amide bonds. The van der Waals surface area contributed by atoms with Crippen LogP contribution in [0.2, 0.25) is 0 Å². The topological polar surface area (TPSA) is 118 Å². The van der Waals surface area contributed by atoms with E-state index in [2.05, 4.69) is 15.8 Å². The van der Waals surface area contributed by atoms with Crippen LogP contribution in [0.25, 0.3) is 0 Å². The van der Waals surface area contributed by atoms with Gasteiger partial charge in [-0.15, -0.1) is 0 Å². The highest BCUT2D eigenvalue weighted by Crippen LogP contribution is 2.48. The molecule has 0 saturated carbocycles. The minimum absolute atomic E-state index is 0.0622. The van der Waals surface area contributed by atoms with Crippen LogP contribution in [-0.4, -0.2) is 66.6 Å². The van der Waals surface area contributed by atoms with Crippen LogP contribution < -0.4 is 8.40 Å². The van der Waals surface area contributed by atoms with Gasteiger partial charge in [-0.2, -0.15) is 0 Å². The number of hydrogen-bond acceptors (Lipinski definition) is 8. The molecule has 3 aliphatic rings. The number of unbranched alkanes of at least 4 members (excludes halogenated alkanes) is 1. The summed E-state index contributed by atoms with van der Waals surface area (Å²) in [6.45, 7) is 2.10. The van der Waals surface area contributed by atoms with Crippen LogP contribution in [0.5, 0.6) is 0 Å². The van der Waals surface area contributed by atoms with Crippen LogP contribution >= 0.6 is 0 Å². The lowest BCUT2D eigenvalue weighted by atomic mass is 9.97. The molecule has 0 unspecified atom stereocenters. The number of fused-ring (bicyclic) bond motifs is 5. The van der Waals surface area contributed by atoms with E-state index in [4.69, 9.17) is 9.47 Å². The average molecular weight is 488 g/mol. The second kappa shape index (κ2) is 11.0. The Labute approximate surface area is 182 Å². The molecule has 1 aromatic rings. The molecule has 1 aromatic carbocycles. The second-order valence-corrected chi connectivity index (χ2v) is 9.15. The molecule has 0 radical (unpaired) electrons. The molecular weight excluding hydrogens is 458 g/mol. The van der Waals surface area contributed by atoms with E-state index in [9.17, 15) is 18.3 Å². The van der Waals surface area contributed by atoms with Crippen molar-refractivity contribution in [3.8, 4) is 0 Å². The van der Waals surface area contributed by atoms with Crippen LogP contribution in [0.15, 0.2) is 30.3 Å². The van der Waals surface area contributed by atoms with Crippen molar-refractivity contribution < 1.29 is 46.4 Å². The zero-order valence-corrected chi connectivity index (χ0v) is 18.9. The van der Waals surface area contributed by atoms with Gasteiger partial charge in [0, 0.05) is 24.9 Å². The van der Waals surface area contributed by atoms with E-state index in [1.807, 2.05) is 37.3 Å². The number of nitrogens with zero attached hydrogens (tertiary/aromatic N) is 1. The number of esters is 1. The fraction of sp³-hybridized carbons (Fsp3) is 0.667. The van der Waals surface area contributed by atoms with Gasteiger partial charge in [0.05, 0.1) is 6.61 Å². The van der Waals surface area contributed by atoms with Gasteiger partial charge in [0.15, 0.2) is 0 Å². The van der Waals surface area contributed by atoms with Gasteiger partial charge in [-0.1, -0.05) is 43.7 Å². The first-order valence-corrected chi connectivity index (χ1v) is 12.3. The maximum Gasteiger partial charge on any atom is 0.436 e. The number of rotatable bonds is 8. The second-order valence-electron chi connectivity index (χ2n) is 7.90. The summed E-state index contributed by atoms with van der Waals surface area (Å²) in [5.41, 5.74) is 0.803. The Kier molecular flexibility index (Phi) is 8.64. The molecule has 168 valence electrons. The molecule has 1 N–H and O–H groups in total. The smallest absolute Gasteiger partial charge is 0.436 e. The molecule has 3 heterocycles. The van der Waals surface area contributed by atoms with Gasteiger partial charge in [0.1, 0.15) is 30.8 Å². The van der Waals surface area contributed by atoms with Crippen molar-refractivity contribution in [3.05, 3.63) is 35.9 Å². The number of ether oxygens (including phenoxy) is 2. The first-order valence-electron chi connectivity index (χ1n) is 10.4. The lowest BCUT2D eigenvalue weighted by Crippen LogP contribution is -2.48. The number of piperidine rings is 1. The predicted molar refractivity (Wildman–Crippen MR) is 100 cm³/mol. The summed E-state index contributed by atoms with van der Waals surface area (Å²) >= 11 is -2.93. The van der Waals surface area contributed by atoms with Gasteiger partial charge in [-0.25, -0.2) is 0 Å². The third kappa shape index (κ3) is 5.79. The Morgan fingerprint density at radius 2 is 1.90 bits per heavy atom. The number of epoxide rings is 1. The number of carbonyl (C=O) groups is 1. The van der Waals surface area contributed by atoms with E-state index in [-0.39, 0.29) is 18.7 Å². The van der Waals surface area contributed by atoms with Gasteiger partial charge >= 0.3 is 20.8 Å². The molecule has 3 saturated heterocycles. The largest absolute Gasteiger partial charge is 0.462 e. The highest BCUT2D eigenvalue weighted by atomic mass is 80.0. The lowest BCUT2D eigenvalue weighted by molar-refractivity contribution is -1.63. The molecule has 8 nitrogen and oxygen atoms in total. The number of aliphatic hydroxyl groups is 1. The zero-order chi connectivity index (χ0) is 21.7. The van der Waals surface area contributed by atoms with Crippen LogP contribution in [-0.2, 0) is 18.1 Å². The first-order chi connectivity index (χ1) is 14.5. The van der Waals surface area contributed by atoms with Crippen molar-refractivity contribution >= 4 is 5.97 Å². The quantitative estimate of drug-likeness (QED) is 0.304. The van der Waals surface area contributed by atoms with Crippen molar-refractivity contribution in [2.75, 3.05) is 20.3 Å².